The van der Waals surface area contributed by atoms with Gasteiger partial charge in [-0.2, -0.15) is 0 Å². The number of carbonyl (C=O) groups is 1. The van der Waals surface area contributed by atoms with Crippen molar-refractivity contribution in [2.24, 2.45) is 5.16 Å². The lowest BCUT2D eigenvalue weighted by Crippen LogP contribution is -2.47. The Balaban J connectivity index is 1.47. The lowest BCUT2D eigenvalue weighted by Gasteiger charge is -2.37. The molecule has 1 aliphatic carbocycles. The molecular formula is C29H26BrN5O2. The van der Waals surface area contributed by atoms with E-state index < -0.39 is 0 Å². The van der Waals surface area contributed by atoms with Crippen molar-refractivity contribution in [1.29, 1.82) is 0 Å². The van der Waals surface area contributed by atoms with Crippen LogP contribution in [-0.4, -0.2) is 47.8 Å². The molecule has 2 aromatic carbocycles. The fourth-order valence-corrected chi connectivity index (χ4v) is 5.49. The summed E-state index contributed by atoms with van der Waals surface area (Å²) in [5.41, 5.74) is 5.59. The molecule has 37 heavy (non-hydrogen) atoms. The van der Waals surface area contributed by atoms with Gasteiger partial charge in [0.2, 0.25) is 0 Å². The Kier molecular flexibility index (Phi) is 6.34. The van der Waals surface area contributed by atoms with E-state index in [0.29, 0.717) is 18.6 Å². The Bertz CT molecular complexity index is 1510. The molecular weight excluding hydrogens is 530 g/mol. The van der Waals surface area contributed by atoms with Crippen molar-refractivity contribution in [1.82, 2.24) is 9.97 Å². The summed E-state index contributed by atoms with van der Waals surface area (Å²) in [5.74, 6) is 1.52. The van der Waals surface area contributed by atoms with Gasteiger partial charge in [-0.15, -0.1) is 0 Å². The van der Waals surface area contributed by atoms with Crippen LogP contribution in [0.2, 0.25) is 0 Å². The van der Waals surface area contributed by atoms with Crippen molar-refractivity contribution in [2.45, 2.75) is 19.8 Å². The molecule has 2 aliphatic rings. The van der Waals surface area contributed by atoms with Crippen molar-refractivity contribution in [3.8, 4) is 11.1 Å². The standard InChI is InChI=1S/C29H26BrN5O2/c1-2-7-25(36)37-33-28-21-9-4-3-8-20(21)26-22-18-19(30)11-12-23(22)32-29(27(26)28)35-16-14-34(15-17-35)24-10-5-6-13-31-24/h3-6,8-13,18H,2,7,14-17H2,1H3/b33-28+. The number of nitrogens with zero attached hydrogens (tertiary/aromatic N) is 5. The first kappa shape index (κ1) is 23.6. The van der Waals surface area contributed by atoms with Crippen molar-refractivity contribution in [3.05, 3.63) is 82.5 Å². The van der Waals surface area contributed by atoms with Gasteiger partial charge < -0.3 is 14.6 Å². The number of fused-ring (bicyclic) bond motifs is 5. The summed E-state index contributed by atoms with van der Waals surface area (Å²) in [6, 6.07) is 20.3. The Morgan fingerprint density at radius 1 is 0.973 bits per heavy atom. The van der Waals surface area contributed by atoms with E-state index in [1.165, 1.54) is 0 Å². The minimum Gasteiger partial charge on any atom is -0.353 e. The molecule has 1 saturated heterocycles. The minimum absolute atomic E-state index is 0.330. The largest absolute Gasteiger partial charge is 0.353 e. The quantitative estimate of drug-likeness (QED) is 0.202. The Morgan fingerprint density at radius 3 is 2.49 bits per heavy atom. The molecule has 0 saturated carbocycles. The van der Waals surface area contributed by atoms with E-state index in [2.05, 4.69) is 48.0 Å². The van der Waals surface area contributed by atoms with Crippen LogP contribution in [0, 0.1) is 0 Å². The monoisotopic (exact) mass is 555 g/mol. The van der Waals surface area contributed by atoms with Crippen LogP contribution in [0.15, 0.2) is 76.5 Å². The SMILES string of the molecule is CCCC(=O)O/N=C1\c2ccccc2-c2c1c(N1CCN(c3ccccn3)CC1)nc1ccc(Br)cc21. The predicted molar refractivity (Wildman–Crippen MR) is 150 cm³/mol. The fraction of sp³-hybridized carbons (Fsp3) is 0.241. The number of oxime groups is 1. The third kappa shape index (κ3) is 4.35. The Morgan fingerprint density at radius 2 is 1.73 bits per heavy atom. The summed E-state index contributed by atoms with van der Waals surface area (Å²) in [4.78, 5) is 32.0. The van der Waals surface area contributed by atoms with Gasteiger partial charge in [0, 0.05) is 59.8 Å². The van der Waals surface area contributed by atoms with Gasteiger partial charge in [0.1, 0.15) is 17.3 Å². The van der Waals surface area contributed by atoms with Crippen LogP contribution < -0.4 is 9.80 Å². The summed E-state index contributed by atoms with van der Waals surface area (Å²) >= 11 is 3.64. The molecule has 0 unspecified atom stereocenters. The van der Waals surface area contributed by atoms with Crippen LogP contribution in [0.1, 0.15) is 30.9 Å². The second-order valence-electron chi connectivity index (χ2n) is 9.21. The van der Waals surface area contributed by atoms with E-state index in [0.717, 1.165) is 75.4 Å². The van der Waals surface area contributed by atoms with Crippen LogP contribution in [0.3, 0.4) is 0 Å². The molecule has 0 amide bonds. The number of rotatable bonds is 5. The molecule has 0 atom stereocenters. The second kappa shape index (κ2) is 9.94. The average molecular weight is 556 g/mol. The van der Waals surface area contributed by atoms with E-state index in [-0.39, 0.29) is 5.97 Å². The van der Waals surface area contributed by atoms with Gasteiger partial charge in [0.25, 0.3) is 0 Å². The Hall–Kier alpha value is -3.78. The van der Waals surface area contributed by atoms with Crippen molar-refractivity contribution in [2.75, 3.05) is 36.0 Å². The fourth-order valence-electron chi connectivity index (χ4n) is 5.13. The van der Waals surface area contributed by atoms with E-state index in [1.807, 2.05) is 61.7 Å². The zero-order valence-corrected chi connectivity index (χ0v) is 22.1. The van der Waals surface area contributed by atoms with Crippen LogP contribution in [-0.2, 0) is 9.63 Å². The maximum absolute atomic E-state index is 12.3. The van der Waals surface area contributed by atoms with Crippen molar-refractivity contribution >= 4 is 50.1 Å². The number of hydrogen-bond donors (Lipinski definition) is 0. The Labute approximate surface area is 223 Å². The summed E-state index contributed by atoms with van der Waals surface area (Å²) in [6.07, 6.45) is 2.87. The van der Waals surface area contributed by atoms with Gasteiger partial charge in [0.05, 0.1) is 11.1 Å². The van der Waals surface area contributed by atoms with Gasteiger partial charge in [-0.25, -0.2) is 14.8 Å². The van der Waals surface area contributed by atoms with Gasteiger partial charge in [0.15, 0.2) is 0 Å². The third-order valence-corrected chi connectivity index (χ3v) is 7.35. The molecule has 0 radical (unpaired) electrons. The number of benzene rings is 2. The number of carbonyl (C=O) groups excluding carboxylic acids is 1. The van der Waals surface area contributed by atoms with E-state index >= 15 is 0 Å². The first-order chi connectivity index (χ1) is 18.1. The topological polar surface area (TPSA) is 70.9 Å². The number of halogens is 1. The normalized spacial score (nSPS) is 15.7. The van der Waals surface area contributed by atoms with Gasteiger partial charge in [-0.3, -0.25) is 0 Å². The maximum atomic E-state index is 12.3. The molecule has 0 N–H and O–H groups in total. The van der Waals surface area contributed by atoms with Crippen LogP contribution in [0.4, 0.5) is 11.6 Å². The highest BCUT2D eigenvalue weighted by atomic mass is 79.9. The average Bonchev–Trinajstić information content (AvgIpc) is 3.27. The summed E-state index contributed by atoms with van der Waals surface area (Å²) in [7, 11) is 0. The number of pyridine rings is 2. The molecule has 7 nitrogen and oxygen atoms in total. The molecule has 0 spiro atoms. The number of hydrogen-bond acceptors (Lipinski definition) is 7. The molecule has 186 valence electrons. The van der Waals surface area contributed by atoms with Crippen LogP contribution in [0.5, 0.6) is 0 Å². The highest BCUT2D eigenvalue weighted by Crippen LogP contribution is 2.45. The molecule has 2 aromatic heterocycles. The van der Waals surface area contributed by atoms with Crippen molar-refractivity contribution < 1.29 is 9.63 Å². The molecule has 8 heteroatoms. The number of aromatic nitrogens is 2. The predicted octanol–water partition coefficient (Wildman–Crippen LogP) is 5.80. The van der Waals surface area contributed by atoms with Gasteiger partial charge in [-0.05, 0) is 42.3 Å². The molecule has 3 heterocycles. The van der Waals surface area contributed by atoms with Crippen LogP contribution >= 0.6 is 15.9 Å². The zero-order valence-electron chi connectivity index (χ0n) is 20.5. The zero-order chi connectivity index (χ0) is 25.4. The smallest absolute Gasteiger partial charge is 0.335 e. The lowest BCUT2D eigenvalue weighted by molar-refractivity contribution is -0.143. The molecule has 1 fully saturated rings. The summed E-state index contributed by atoms with van der Waals surface area (Å²) in [5, 5.41) is 5.48. The van der Waals surface area contributed by atoms with E-state index in [4.69, 9.17) is 9.82 Å². The maximum Gasteiger partial charge on any atom is 0.335 e. The number of piperazine rings is 1. The van der Waals surface area contributed by atoms with E-state index in [9.17, 15) is 4.79 Å². The minimum atomic E-state index is -0.331. The van der Waals surface area contributed by atoms with Gasteiger partial charge in [-0.1, -0.05) is 58.3 Å². The third-order valence-electron chi connectivity index (χ3n) is 6.86. The van der Waals surface area contributed by atoms with Gasteiger partial charge >= 0.3 is 5.97 Å². The van der Waals surface area contributed by atoms with E-state index in [1.54, 1.807) is 0 Å². The molecule has 0 bridgehead atoms. The summed E-state index contributed by atoms with van der Waals surface area (Å²) < 4.78 is 0.984. The first-order valence-electron chi connectivity index (χ1n) is 12.6. The molecule has 4 aromatic rings. The summed E-state index contributed by atoms with van der Waals surface area (Å²) in [6.45, 7) is 5.19. The molecule has 6 rings (SSSR count). The molecule has 1 aliphatic heterocycles. The highest BCUT2D eigenvalue weighted by Gasteiger charge is 2.34. The second-order valence-corrected chi connectivity index (χ2v) is 10.1. The lowest BCUT2D eigenvalue weighted by atomic mass is 10.0. The van der Waals surface area contributed by atoms with Crippen molar-refractivity contribution in [3.63, 3.8) is 0 Å². The number of anilines is 2. The van der Waals surface area contributed by atoms with Crippen LogP contribution in [0.25, 0.3) is 22.0 Å². The first-order valence-corrected chi connectivity index (χ1v) is 13.4. The highest BCUT2D eigenvalue weighted by molar-refractivity contribution is 9.10.